The first-order chi connectivity index (χ1) is 9.11. The second kappa shape index (κ2) is 6.22. The fourth-order valence-corrected chi connectivity index (χ4v) is 2.39. The molecule has 19 heavy (non-hydrogen) atoms. The maximum absolute atomic E-state index is 12.3. The largest absolute Gasteiger partial charge is 0.493 e. The molecule has 0 N–H and O–H groups in total. The smallest absolute Gasteiger partial charge is 0.193 e. The van der Waals surface area contributed by atoms with Crippen LogP contribution in [0.25, 0.3) is 0 Å². The van der Waals surface area contributed by atoms with Crippen LogP contribution in [-0.2, 0) is 0 Å². The van der Waals surface area contributed by atoms with Gasteiger partial charge in [-0.1, -0.05) is 23.7 Å². The van der Waals surface area contributed by atoms with E-state index in [-0.39, 0.29) is 5.78 Å². The third-order valence-corrected chi connectivity index (χ3v) is 3.44. The van der Waals surface area contributed by atoms with Crippen molar-refractivity contribution in [3.05, 3.63) is 63.1 Å². The predicted molar refractivity (Wildman–Crippen MR) is 80.2 cm³/mol. The Balaban J connectivity index is 2.32. The summed E-state index contributed by atoms with van der Waals surface area (Å²) in [5, 5.41) is 0.552. The maximum atomic E-state index is 12.3. The van der Waals surface area contributed by atoms with Crippen LogP contribution >= 0.6 is 27.5 Å². The standard InChI is InChI=1S/C15H12BrClO2/c1-2-19-14-7-6-11(9-13(14)16)15(18)10-4-3-5-12(17)8-10/h3-9H,2H2,1H3. The summed E-state index contributed by atoms with van der Waals surface area (Å²) in [5.41, 5.74) is 1.17. The Bertz CT molecular complexity index is 611. The fourth-order valence-electron chi connectivity index (χ4n) is 1.71. The van der Waals surface area contributed by atoms with Gasteiger partial charge in [0.1, 0.15) is 5.75 Å². The molecule has 0 saturated heterocycles. The lowest BCUT2D eigenvalue weighted by Crippen LogP contribution is -2.02. The average molecular weight is 340 g/mol. The third kappa shape index (κ3) is 3.37. The molecule has 4 heteroatoms. The Hall–Kier alpha value is -1.32. The molecule has 0 aliphatic carbocycles. The van der Waals surface area contributed by atoms with Crippen LogP contribution in [0.3, 0.4) is 0 Å². The van der Waals surface area contributed by atoms with Gasteiger partial charge in [-0.25, -0.2) is 0 Å². The number of benzene rings is 2. The van der Waals surface area contributed by atoms with Crippen LogP contribution in [0, 0.1) is 0 Å². The van der Waals surface area contributed by atoms with Crippen molar-refractivity contribution >= 4 is 33.3 Å². The van der Waals surface area contributed by atoms with Gasteiger partial charge in [-0.15, -0.1) is 0 Å². The second-order valence-corrected chi connectivity index (χ2v) is 5.21. The molecule has 0 spiro atoms. The Morgan fingerprint density at radius 1 is 1.21 bits per heavy atom. The van der Waals surface area contributed by atoms with E-state index in [1.54, 1.807) is 42.5 Å². The van der Waals surface area contributed by atoms with Crippen molar-refractivity contribution in [3.63, 3.8) is 0 Å². The monoisotopic (exact) mass is 338 g/mol. The van der Waals surface area contributed by atoms with E-state index >= 15 is 0 Å². The van der Waals surface area contributed by atoms with Gasteiger partial charge in [0.05, 0.1) is 11.1 Å². The molecule has 2 rings (SSSR count). The molecule has 2 nitrogen and oxygen atoms in total. The van der Waals surface area contributed by atoms with Crippen molar-refractivity contribution in [1.82, 2.24) is 0 Å². The lowest BCUT2D eigenvalue weighted by Gasteiger charge is -2.07. The van der Waals surface area contributed by atoms with Gasteiger partial charge < -0.3 is 4.74 Å². The van der Waals surface area contributed by atoms with Gasteiger partial charge in [-0.3, -0.25) is 4.79 Å². The zero-order chi connectivity index (χ0) is 13.8. The Morgan fingerprint density at radius 2 is 1.95 bits per heavy atom. The van der Waals surface area contributed by atoms with Crippen LogP contribution in [0.2, 0.25) is 5.02 Å². The molecule has 0 fully saturated rings. The molecule has 0 unspecified atom stereocenters. The van der Waals surface area contributed by atoms with Crippen molar-refractivity contribution in [1.29, 1.82) is 0 Å². The zero-order valence-electron chi connectivity index (χ0n) is 10.3. The first kappa shape index (κ1) is 14.1. The molecule has 0 aliphatic heterocycles. The second-order valence-electron chi connectivity index (χ2n) is 3.92. The van der Waals surface area contributed by atoms with Crippen molar-refractivity contribution in [3.8, 4) is 5.75 Å². The third-order valence-electron chi connectivity index (χ3n) is 2.58. The molecule has 98 valence electrons. The zero-order valence-corrected chi connectivity index (χ0v) is 12.7. The summed E-state index contributed by atoms with van der Waals surface area (Å²) >= 11 is 9.29. The van der Waals surface area contributed by atoms with Gasteiger partial charge in [0.25, 0.3) is 0 Å². The van der Waals surface area contributed by atoms with E-state index in [1.807, 2.05) is 6.92 Å². The summed E-state index contributed by atoms with van der Waals surface area (Å²) in [6, 6.07) is 12.2. The molecule has 2 aromatic carbocycles. The van der Waals surface area contributed by atoms with E-state index in [1.165, 1.54) is 0 Å². The Morgan fingerprint density at radius 3 is 2.58 bits per heavy atom. The number of halogens is 2. The van der Waals surface area contributed by atoms with Crippen molar-refractivity contribution in [2.75, 3.05) is 6.61 Å². The molecular formula is C15H12BrClO2. The molecule has 0 heterocycles. The average Bonchev–Trinajstić information content (AvgIpc) is 2.40. The van der Waals surface area contributed by atoms with Crippen molar-refractivity contribution < 1.29 is 9.53 Å². The summed E-state index contributed by atoms with van der Waals surface area (Å²) in [7, 11) is 0. The predicted octanol–water partition coefficient (Wildman–Crippen LogP) is 4.73. The van der Waals surface area contributed by atoms with Gasteiger partial charge in [-0.2, -0.15) is 0 Å². The fraction of sp³-hybridized carbons (Fsp3) is 0.133. The lowest BCUT2D eigenvalue weighted by atomic mass is 10.0. The molecule has 0 aromatic heterocycles. The Kier molecular flexibility index (Phi) is 4.61. The van der Waals surface area contributed by atoms with Crippen LogP contribution in [0.1, 0.15) is 22.8 Å². The van der Waals surface area contributed by atoms with Gasteiger partial charge in [0.15, 0.2) is 5.78 Å². The molecule has 0 radical (unpaired) electrons. The van der Waals surface area contributed by atoms with Gasteiger partial charge in [0.2, 0.25) is 0 Å². The van der Waals surface area contributed by atoms with Gasteiger partial charge >= 0.3 is 0 Å². The molecule has 0 amide bonds. The van der Waals surface area contributed by atoms with Crippen LogP contribution < -0.4 is 4.74 Å². The minimum atomic E-state index is -0.0637. The number of rotatable bonds is 4. The molecule has 2 aromatic rings. The highest BCUT2D eigenvalue weighted by Crippen LogP contribution is 2.27. The highest BCUT2D eigenvalue weighted by Gasteiger charge is 2.11. The van der Waals surface area contributed by atoms with Gasteiger partial charge in [0, 0.05) is 16.1 Å². The van der Waals surface area contributed by atoms with E-state index in [9.17, 15) is 4.79 Å². The topological polar surface area (TPSA) is 26.3 Å². The lowest BCUT2D eigenvalue weighted by molar-refractivity contribution is 0.103. The Labute approximate surface area is 125 Å². The summed E-state index contributed by atoms with van der Waals surface area (Å²) in [4.78, 5) is 12.3. The molecule has 0 aliphatic rings. The number of ether oxygens (including phenoxy) is 1. The highest BCUT2D eigenvalue weighted by molar-refractivity contribution is 9.10. The molecule has 0 saturated carbocycles. The number of hydrogen-bond acceptors (Lipinski definition) is 2. The van der Waals surface area contributed by atoms with Crippen LogP contribution in [0.15, 0.2) is 46.9 Å². The summed E-state index contributed by atoms with van der Waals surface area (Å²) < 4.78 is 6.18. The SMILES string of the molecule is CCOc1ccc(C(=O)c2cccc(Cl)c2)cc1Br. The minimum Gasteiger partial charge on any atom is -0.493 e. The van der Waals surface area contributed by atoms with E-state index in [0.717, 1.165) is 10.2 Å². The van der Waals surface area contributed by atoms with Crippen LogP contribution in [0.4, 0.5) is 0 Å². The quantitative estimate of drug-likeness (QED) is 0.753. The molecular weight excluding hydrogens is 328 g/mol. The molecule has 0 atom stereocenters. The van der Waals surface area contributed by atoms with Crippen molar-refractivity contribution in [2.24, 2.45) is 0 Å². The van der Waals surface area contributed by atoms with Crippen LogP contribution in [0.5, 0.6) is 5.75 Å². The van der Waals surface area contributed by atoms with E-state index in [2.05, 4.69) is 15.9 Å². The summed E-state index contributed by atoms with van der Waals surface area (Å²) in [6.07, 6.45) is 0. The summed E-state index contributed by atoms with van der Waals surface area (Å²) in [6.45, 7) is 2.50. The van der Waals surface area contributed by atoms with E-state index in [4.69, 9.17) is 16.3 Å². The maximum Gasteiger partial charge on any atom is 0.193 e. The number of ketones is 1. The van der Waals surface area contributed by atoms with Crippen molar-refractivity contribution in [2.45, 2.75) is 6.92 Å². The van der Waals surface area contributed by atoms with E-state index < -0.39 is 0 Å². The van der Waals surface area contributed by atoms with Crippen LogP contribution in [-0.4, -0.2) is 12.4 Å². The van der Waals surface area contributed by atoms with E-state index in [0.29, 0.717) is 22.8 Å². The molecule has 0 bridgehead atoms. The highest BCUT2D eigenvalue weighted by atomic mass is 79.9. The number of carbonyl (C=O) groups is 1. The first-order valence-corrected chi connectivity index (χ1v) is 7.01. The normalized spacial score (nSPS) is 10.3. The first-order valence-electron chi connectivity index (χ1n) is 5.84. The summed E-state index contributed by atoms with van der Waals surface area (Å²) in [5.74, 6) is 0.663. The minimum absolute atomic E-state index is 0.0637. The number of hydrogen-bond donors (Lipinski definition) is 0. The van der Waals surface area contributed by atoms with Gasteiger partial charge in [-0.05, 0) is 53.2 Å². The number of carbonyl (C=O) groups excluding carboxylic acids is 1.